The predicted octanol–water partition coefficient (Wildman–Crippen LogP) is 5.28. The number of rotatable bonds is 4. The number of pyridine rings is 1. The largest absolute Gasteiger partial charge is 0.366 e. The number of aryl methyl sites for hydroxylation is 1. The maximum Gasteiger partial charge on any atom is 0.156 e. The van der Waals surface area contributed by atoms with Crippen molar-refractivity contribution in [3.8, 4) is 0 Å². The summed E-state index contributed by atoms with van der Waals surface area (Å²) in [6.07, 6.45) is 8.28. The molecule has 0 unspecified atom stereocenters. The van der Waals surface area contributed by atoms with E-state index in [1.807, 2.05) is 0 Å². The number of benzene rings is 1. The maximum atomic E-state index is 8.08. The second kappa shape index (κ2) is 9.03. The van der Waals surface area contributed by atoms with Crippen LogP contribution in [0.25, 0.3) is 10.9 Å². The van der Waals surface area contributed by atoms with Gasteiger partial charge < -0.3 is 15.5 Å². The number of hydrogen-bond donors (Lipinski definition) is 3. The monoisotopic (exact) mass is 372 g/mol. The number of aliphatic hydroxyl groups is 2. The molecule has 0 bridgehead atoms. The molecule has 1 aromatic heterocycles. The normalized spacial score (nSPS) is 15.5. The van der Waals surface area contributed by atoms with Crippen LogP contribution in [0.2, 0.25) is 0 Å². The number of anilines is 1. The summed E-state index contributed by atoms with van der Waals surface area (Å²) in [7, 11) is 0. The topological polar surface area (TPSA) is 65.4 Å². The van der Waals surface area contributed by atoms with E-state index in [1.54, 1.807) is 0 Å². The summed E-state index contributed by atoms with van der Waals surface area (Å²) in [6, 6.07) is 11.0. The van der Waals surface area contributed by atoms with Crippen molar-refractivity contribution < 1.29 is 10.2 Å². The van der Waals surface area contributed by atoms with Crippen LogP contribution in [0.4, 0.5) is 5.82 Å². The van der Waals surface area contributed by atoms with Gasteiger partial charge in [-0.25, -0.2) is 4.98 Å². The first-order chi connectivity index (χ1) is 12.5. The molecule has 1 aromatic carbocycles. The highest BCUT2D eigenvalue weighted by atomic mass is 16.5. The van der Waals surface area contributed by atoms with Crippen molar-refractivity contribution in [1.29, 1.82) is 0 Å². The third-order valence-electron chi connectivity index (χ3n) is 4.58. The van der Waals surface area contributed by atoms with Gasteiger partial charge in [0.1, 0.15) is 5.82 Å². The zero-order chi connectivity index (χ0) is 20.1. The summed E-state index contributed by atoms with van der Waals surface area (Å²) in [4.78, 5) is 4.79. The van der Waals surface area contributed by atoms with E-state index >= 15 is 0 Å². The van der Waals surface area contributed by atoms with E-state index < -0.39 is 5.79 Å². The molecule has 150 valence electrons. The van der Waals surface area contributed by atoms with Crippen LogP contribution in [0.5, 0.6) is 0 Å². The first kappa shape index (κ1) is 21.6. The zero-order valence-electron chi connectivity index (χ0n) is 17.5. The zero-order valence-corrected chi connectivity index (χ0v) is 17.5. The first-order valence-electron chi connectivity index (χ1n) is 10.1. The Morgan fingerprint density at radius 1 is 1.00 bits per heavy atom. The van der Waals surface area contributed by atoms with Crippen molar-refractivity contribution in [2.24, 2.45) is 5.92 Å². The summed E-state index contributed by atoms with van der Waals surface area (Å²) in [6.45, 7) is 9.09. The Hall–Kier alpha value is -1.65. The molecule has 4 nitrogen and oxygen atoms in total. The standard InChI is InChI=1S/C20H28N2.C3H8O2/c1-20(2,3)22-19-13-12-17-11-10-16(14-18(17)21-19)9-8-15-6-4-5-7-15;1-3(2,4)5/h10-15H,4-9H2,1-3H3,(H,21,22);4-5H,1-2H3. The first-order valence-corrected chi connectivity index (χ1v) is 10.1. The molecular formula is C23H36N2O2. The maximum absolute atomic E-state index is 8.08. The molecule has 0 amide bonds. The molecular weight excluding hydrogens is 336 g/mol. The van der Waals surface area contributed by atoms with Gasteiger partial charge in [0.15, 0.2) is 5.79 Å². The molecule has 1 saturated carbocycles. The Morgan fingerprint density at radius 2 is 1.59 bits per heavy atom. The molecule has 1 fully saturated rings. The molecule has 0 saturated heterocycles. The van der Waals surface area contributed by atoms with Crippen molar-refractivity contribution in [2.75, 3.05) is 5.32 Å². The molecule has 2 aromatic rings. The van der Waals surface area contributed by atoms with Crippen LogP contribution in [-0.2, 0) is 6.42 Å². The molecule has 0 radical (unpaired) electrons. The average Bonchev–Trinajstić information content (AvgIpc) is 3.02. The number of hydrogen-bond acceptors (Lipinski definition) is 4. The minimum absolute atomic E-state index is 0.0424. The minimum atomic E-state index is -1.50. The lowest BCUT2D eigenvalue weighted by molar-refractivity contribution is -0.127. The highest BCUT2D eigenvalue weighted by Gasteiger charge is 2.15. The van der Waals surface area contributed by atoms with Gasteiger partial charge in [-0.05, 0) is 77.1 Å². The summed E-state index contributed by atoms with van der Waals surface area (Å²) in [5, 5.41) is 20.8. The van der Waals surface area contributed by atoms with Crippen LogP contribution < -0.4 is 5.32 Å². The molecule has 1 aliphatic carbocycles. The Morgan fingerprint density at radius 3 is 2.19 bits per heavy atom. The highest BCUT2D eigenvalue weighted by Crippen LogP contribution is 2.29. The fourth-order valence-electron chi connectivity index (χ4n) is 3.44. The van der Waals surface area contributed by atoms with E-state index in [0.29, 0.717) is 0 Å². The molecule has 1 heterocycles. The summed E-state index contributed by atoms with van der Waals surface area (Å²) in [5.74, 6) is 0.422. The molecule has 0 aliphatic heterocycles. The Kier molecular flexibility index (Phi) is 7.24. The molecule has 3 N–H and O–H groups in total. The third-order valence-corrected chi connectivity index (χ3v) is 4.58. The van der Waals surface area contributed by atoms with Crippen LogP contribution in [0.3, 0.4) is 0 Å². The van der Waals surface area contributed by atoms with Gasteiger partial charge in [0.25, 0.3) is 0 Å². The second-order valence-corrected chi connectivity index (χ2v) is 9.28. The van der Waals surface area contributed by atoms with Crippen LogP contribution in [0, 0.1) is 5.92 Å². The van der Waals surface area contributed by atoms with E-state index in [1.165, 1.54) is 63.3 Å². The number of nitrogens with zero attached hydrogens (tertiary/aromatic N) is 1. The van der Waals surface area contributed by atoms with E-state index in [2.05, 4.69) is 56.4 Å². The van der Waals surface area contributed by atoms with E-state index in [9.17, 15) is 0 Å². The average molecular weight is 373 g/mol. The van der Waals surface area contributed by atoms with Crippen molar-refractivity contribution in [3.63, 3.8) is 0 Å². The van der Waals surface area contributed by atoms with Crippen LogP contribution in [0.1, 0.15) is 72.3 Å². The van der Waals surface area contributed by atoms with Gasteiger partial charge in [-0.1, -0.05) is 37.8 Å². The quantitative estimate of drug-likeness (QED) is 0.639. The minimum Gasteiger partial charge on any atom is -0.366 e. The molecule has 3 rings (SSSR count). The third kappa shape index (κ3) is 8.72. The lowest BCUT2D eigenvalue weighted by Gasteiger charge is -2.21. The molecule has 1 aliphatic rings. The number of aromatic nitrogens is 1. The van der Waals surface area contributed by atoms with Crippen molar-refractivity contribution >= 4 is 16.7 Å². The summed E-state index contributed by atoms with van der Waals surface area (Å²) < 4.78 is 0. The van der Waals surface area contributed by atoms with Gasteiger partial charge in [-0.15, -0.1) is 0 Å². The van der Waals surface area contributed by atoms with Crippen molar-refractivity contribution in [3.05, 3.63) is 35.9 Å². The lowest BCUT2D eigenvalue weighted by atomic mass is 9.97. The fraction of sp³-hybridized carbons (Fsp3) is 0.609. The summed E-state index contributed by atoms with van der Waals surface area (Å²) in [5.41, 5.74) is 2.58. The summed E-state index contributed by atoms with van der Waals surface area (Å²) >= 11 is 0. The number of nitrogens with one attached hydrogen (secondary N) is 1. The van der Waals surface area contributed by atoms with Crippen molar-refractivity contribution in [1.82, 2.24) is 4.98 Å². The van der Waals surface area contributed by atoms with Gasteiger partial charge >= 0.3 is 0 Å². The van der Waals surface area contributed by atoms with Gasteiger partial charge in [0.2, 0.25) is 0 Å². The predicted molar refractivity (Wildman–Crippen MR) is 114 cm³/mol. The van der Waals surface area contributed by atoms with Crippen LogP contribution >= 0.6 is 0 Å². The Labute approximate surface area is 164 Å². The molecule has 0 spiro atoms. The highest BCUT2D eigenvalue weighted by molar-refractivity contribution is 5.81. The number of fused-ring (bicyclic) bond motifs is 1. The van der Waals surface area contributed by atoms with Crippen molar-refractivity contribution in [2.45, 2.75) is 84.5 Å². The van der Waals surface area contributed by atoms with Crippen LogP contribution in [-0.4, -0.2) is 26.5 Å². The van der Waals surface area contributed by atoms with Gasteiger partial charge in [-0.2, -0.15) is 0 Å². The van der Waals surface area contributed by atoms with Gasteiger partial charge in [-0.3, -0.25) is 0 Å². The van der Waals surface area contributed by atoms with Gasteiger partial charge in [0.05, 0.1) is 5.52 Å². The lowest BCUT2D eigenvalue weighted by Crippen LogP contribution is -2.26. The molecule has 27 heavy (non-hydrogen) atoms. The SMILES string of the molecule is CC(C)(C)Nc1ccc2ccc(CCC3CCCC3)cc2n1.CC(C)(O)O. The van der Waals surface area contributed by atoms with Crippen LogP contribution in [0.15, 0.2) is 30.3 Å². The van der Waals surface area contributed by atoms with E-state index in [-0.39, 0.29) is 5.54 Å². The Balaban J connectivity index is 0.000000465. The Bertz CT molecular complexity index is 717. The fourth-order valence-corrected chi connectivity index (χ4v) is 3.44. The molecule has 4 heteroatoms. The smallest absolute Gasteiger partial charge is 0.156 e. The van der Waals surface area contributed by atoms with E-state index in [0.717, 1.165) is 17.3 Å². The van der Waals surface area contributed by atoms with E-state index in [4.69, 9.17) is 15.2 Å². The van der Waals surface area contributed by atoms with Gasteiger partial charge in [0, 0.05) is 10.9 Å². The molecule has 0 atom stereocenters. The second-order valence-electron chi connectivity index (χ2n) is 9.28.